The molecule has 1 N–H and O–H groups in total. The smallest absolute Gasteiger partial charge is 0.254 e. The zero-order valence-electron chi connectivity index (χ0n) is 16.4. The molecule has 0 saturated heterocycles. The molecule has 4 rings (SSSR count). The van der Waals surface area contributed by atoms with E-state index < -0.39 is 0 Å². The number of carbonyl (C=O) groups is 1. The van der Waals surface area contributed by atoms with E-state index in [1.165, 1.54) is 36.8 Å². The summed E-state index contributed by atoms with van der Waals surface area (Å²) in [6.07, 6.45) is 7.71. The van der Waals surface area contributed by atoms with Gasteiger partial charge in [-0.15, -0.1) is 0 Å². The van der Waals surface area contributed by atoms with Gasteiger partial charge in [0.15, 0.2) is 0 Å². The monoisotopic (exact) mass is 366 g/mol. The van der Waals surface area contributed by atoms with Crippen LogP contribution in [0.3, 0.4) is 0 Å². The first kappa shape index (κ1) is 18.2. The summed E-state index contributed by atoms with van der Waals surface area (Å²) in [4.78, 5) is 15.2. The highest BCUT2D eigenvalue weighted by Gasteiger charge is 2.24. The molecular formula is C22H30N4O. The Morgan fingerprint density at radius 1 is 1.26 bits per heavy atom. The lowest BCUT2D eigenvalue weighted by molar-refractivity contribution is 0.0931. The molecule has 1 unspecified atom stereocenters. The highest BCUT2D eigenvalue weighted by molar-refractivity contribution is 5.95. The fourth-order valence-electron chi connectivity index (χ4n) is 4.52. The van der Waals surface area contributed by atoms with Crippen molar-refractivity contribution in [2.24, 2.45) is 0 Å². The number of benzene rings is 1. The van der Waals surface area contributed by atoms with Crippen LogP contribution in [0.15, 0.2) is 30.5 Å². The Bertz CT molecular complexity index is 806. The van der Waals surface area contributed by atoms with Crippen molar-refractivity contribution < 1.29 is 4.79 Å². The number of carbonyl (C=O) groups excluding carboxylic acids is 1. The molecular weight excluding hydrogens is 336 g/mol. The Morgan fingerprint density at radius 2 is 2.00 bits per heavy atom. The zero-order chi connectivity index (χ0) is 18.8. The molecule has 27 heavy (non-hydrogen) atoms. The normalized spacial score (nSPS) is 19.0. The molecule has 1 atom stereocenters. The van der Waals surface area contributed by atoms with Gasteiger partial charge in [0.25, 0.3) is 5.91 Å². The van der Waals surface area contributed by atoms with E-state index in [1.54, 1.807) is 6.20 Å². The Labute approximate surface area is 161 Å². The SMILES string of the molecule is Cc1c(C(=O)NCC(C)N2CCc3ccccc3C2)cnn1C1CCCC1. The van der Waals surface area contributed by atoms with Crippen molar-refractivity contribution in [1.29, 1.82) is 0 Å². The van der Waals surface area contributed by atoms with E-state index in [2.05, 4.69) is 51.2 Å². The minimum absolute atomic E-state index is 0.000932. The first-order chi connectivity index (χ1) is 13.1. The van der Waals surface area contributed by atoms with Crippen LogP contribution in [0.2, 0.25) is 0 Å². The number of amides is 1. The predicted octanol–water partition coefficient (Wildman–Crippen LogP) is 3.48. The summed E-state index contributed by atoms with van der Waals surface area (Å²) in [5.41, 5.74) is 4.59. The zero-order valence-corrected chi connectivity index (χ0v) is 16.4. The molecule has 0 bridgehead atoms. The van der Waals surface area contributed by atoms with Crippen molar-refractivity contribution in [3.63, 3.8) is 0 Å². The van der Waals surface area contributed by atoms with Gasteiger partial charge in [-0.2, -0.15) is 5.10 Å². The molecule has 2 aromatic rings. The van der Waals surface area contributed by atoms with Gasteiger partial charge >= 0.3 is 0 Å². The van der Waals surface area contributed by atoms with Crippen molar-refractivity contribution in [2.45, 2.75) is 64.6 Å². The van der Waals surface area contributed by atoms with Crippen molar-refractivity contribution in [1.82, 2.24) is 20.0 Å². The number of rotatable bonds is 5. The van der Waals surface area contributed by atoms with Gasteiger partial charge in [-0.1, -0.05) is 37.1 Å². The molecule has 2 aliphatic rings. The lowest BCUT2D eigenvalue weighted by atomic mass is 9.99. The van der Waals surface area contributed by atoms with E-state index in [9.17, 15) is 4.79 Å². The van der Waals surface area contributed by atoms with Gasteiger partial charge in [-0.3, -0.25) is 14.4 Å². The average Bonchev–Trinajstić information content (AvgIpc) is 3.35. The van der Waals surface area contributed by atoms with Crippen LogP contribution < -0.4 is 5.32 Å². The summed E-state index contributed by atoms with van der Waals surface area (Å²) >= 11 is 0. The van der Waals surface area contributed by atoms with Gasteiger partial charge in [0.2, 0.25) is 0 Å². The third kappa shape index (κ3) is 3.79. The Hall–Kier alpha value is -2.14. The lowest BCUT2D eigenvalue weighted by Crippen LogP contribution is -2.44. The van der Waals surface area contributed by atoms with Gasteiger partial charge in [-0.05, 0) is 44.2 Å². The van der Waals surface area contributed by atoms with Crippen LogP contribution >= 0.6 is 0 Å². The topological polar surface area (TPSA) is 50.2 Å². The first-order valence-electron chi connectivity index (χ1n) is 10.3. The van der Waals surface area contributed by atoms with Gasteiger partial charge in [0, 0.05) is 31.4 Å². The molecule has 1 aliphatic carbocycles. The van der Waals surface area contributed by atoms with Crippen molar-refractivity contribution in [2.75, 3.05) is 13.1 Å². The fourth-order valence-corrected chi connectivity index (χ4v) is 4.52. The molecule has 1 aromatic carbocycles. The van der Waals surface area contributed by atoms with E-state index in [4.69, 9.17) is 0 Å². The van der Waals surface area contributed by atoms with Crippen LogP contribution in [0.1, 0.15) is 65.8 Å². The van der Waals surface area contributed by atoms with Crippen molar-refractivity contribution >= 4 is 5.91 Å². The fraction of sp³-hybridized carbons (Fsp3) is 0.545. The largest absolute Gasteiger partial charge is 0.350 e. The Morgan fingerprint density at radius 3 is 2.78 bits per heavy atom. The highest BCUT2D eigenvalue weighted by atomic mass is 16.1. The maximum Gasteiger partial charge on any atom is 0.254 e. The summed E-state index contributed by atoms with van der Waals surface area (Å²) in [7, 11) is 0. The van der Waals surface area contributed by atoms with Gasteiger partial charge < -0.3 is 5.32 Å². The van der Waals surface area contributed by atoms with E-state index in [0.717, 1.165) is 30.8 Å². The third-order valence-corrected chi connectivity index (χ3v) is 6.30. The number of nitrogens with one attached hydrogen (secondary N) is 1. The summed E-state index contributed by atoms with van der Waals surface area (Å²) in [5.74, 6) is 0.000932. The van der Waals surface area contributed by atoms with Crippen LogP contribution in [0.5, 0.6) is 0 Å². The first-order valence-corrected chi connectivity index (χ1v) is 10.3. The summed E-state index contributed by atoms with van der Waals surface area (Å²) in [6.45, 7) is 6.89. The molecule has 1 aromatic heterocycles. The second-order valence-corrected chi connectivity index (χ2v) is 8.07. The second kappa shape index (κ2) is 7.85. The molecule has 1 aliphatic heterocycles. The third-order valence-electron chi connectivity index (χ3n) is 6.30. The van der Waals surface area contributed by atoms with Crippen LogP contribution in [-0.4, -0.2) is 39.7 Å². The molecule has 0 spiro atoms. The van der Waals surface area contributed by atoms with E-state index in [-0.39, 0.29) is 5.91 Å². The molecule has 1 amide bonds. The van der Waals surface area contributed by atoms with Crippen LogP contribution in [0.4, 0.5) is 0 Å². The standard InChI is InChI=1S/C22H30N4O/c1-16(25-12-11-18-7-3-4-8-19(18)15-25)13-23-22(27)21-14-24-26(17(21)2)20-9-5-6-10-20/h3-4,7-8,14,16,20H,5-6,9-13,15H2,1-2H3,(H,23,27). The number of aromatic nitrogens is 2. The summed E-state index contributed by atoms with van der Waals surface area (Å²) in [6, 6.07) is 9.45. The molecule has 1 fully saturated rings. The molecule has 5 nitrogen and oxygen atoms in total. The van der Waals surface area contributed by atoms with E-state index in [0.29, 0.717) is 18.6 Å². The van der Waals surface area contributed by atoms with Crippen LogP contribution in [0.25, 0.3) is 0 Å². The van der Waals surface area contributed by atoms with Crippen LogP contribution in [0, 0.1) is 6.92 Å². The van der Waals surface area contributed by atoms with Gasteiger partial charge in [-0.25, -0.2) is 0 Å². The average molecular weight is 367 g/mol. The maximum absolute atomic E-state index is 12.7. The number of hydrogen-bond acceptors (Lipinski definition) is 3. The molecule has 144 valence electrons. The lowest BCUT2D eigenvalue weighted by Gasteiger charge is -2.33. The summed E-state index contributed by atoms with van der Waals surface area (Å²) < 4.78 is 2.06. The van der Waals surface area contributed by atoms with Crippen molar-refractivity contribution in [3.8, 4) is 0 Å². The molecule has 1 saturated carbocycles. The van der Waals surface area contributed by atoms with E-state index >= 15 is 0 Å². The Kier molecular flexibility index (Phi) is 5.30. The molecule has 0 radical (unpaired) electrons. The highest BCUT2D eigenvalue weighted by Crippen LogP contribution is 2.30. The number of hydrogen-bond donors (Lipinski definition) is 1. The van der Waals surface area contributed by atoms with E-state index in [1.807, 2.05) is 6.92 Å². The Balaban J connectivity index is 1.34. The summed E-state index contributed by atoms with van der Waals surface area (Å²) in [5, 5.41) is 7.64. The quantitative estimate of drug-likeness (QED) is 0.881. The number of nitrogens with zero attached hydrogens (tertiary/aromatic N) is 3. The molecule has 2 heterocycles. The predicted molar refractivity (Wildman–Crippen MR) is 107 cm³/mol. The minimum Gasteiger partial charge on any atom is -0.350 e. The van der Waals surface area contributed by atoms with Crippen molar-refractivity contribution in [3.05, 3.63) is 52.8 Å². The van der Waals surface area contributed by atoms with Crippen LogP contribution in [-0.2, 0) is 13.0 Å². The maximum atomic E-state index is 12.7. The number of fused-ring (bicyclic) bond motifs is 1. The second-order valence-electron chi connectivity index (χ2n) is 8.07. The van der Waals surface area contributed by atoms with Gasteiger partial charge in [0.1, 0.15) is 0 Å². The van der Waals surface area contributed by atoms with Gasteiger partial charge in [0.05, 0.1) is 17.8 Å². The molecule has 5 heteroatoms. The minimum atomic E-state index is 0.000932.